The Morgan fingerprint density at radius 1 is 1.05 bits per heavy atom. The molecule has 0 aromatic heterocycles. The minimum atomic E-state index is -0.989. The average molecular weight is 569 g/mol. The molecule has 4 aliphatic carbocycles. The number of carbonyl (C=O) groups is 4. The summed E-state index contributed by atoms with van der Waals surface area (Å²) in [5.41, 5.74) is 0.0380. The fourth-order valence-electron chi connectivity index (χ4n) is 10.8. The summed E-state index contributed by atoms with van der Waals surface area (Å²) in [5, 5.41) is 0. The van der Waals surface area contributed by atoms with Gasteiger partial charge in [0.25, 0.3) is 0 Å². The van der Waals surface area contributed by atoms with Crippen LogP contribution in [0, 0.1) is 51.2 Å². The lowest BCUT2D eigenvalue weighted by Gasteiger charge is -2.60. The number of hydrogen-bond donors (Lipinski definition) is 0. The fraction of sp³-hybridized carbons (Fsp3) is 0.765. The van der Waals surface area contributed by atoms with E-state index in [4.69, 9.17) is 14.2 Å². The maximum Gasteiger partial charge on any atom is 0.330 e. The molecule has 4 saturated carbocycles. The van der Waals surface area contributed by atoms with E-state index in [1.165, 1.54) is 13.8 Å². The first-order valence-corrected chi connectivity index (χ1v) is 15.5. The summed E-state index contributed by atoms with van der Waals surface area (Å²) in [6, 6.07) is 0. The highest BCUT2D eigenvalue weighted by molar-refractivity contribution is 5.99. The summed E-state index contributed by atoms with van der Waals surface area (Å²) < 4.78 is 17.6. The highest BCUT2D eigenvalue weighted by atomic mass is 16.6. The van der Waals surface area contributed by atoms with Crippen LogP contribution in [0.5, 0.6) is 0 Å². The normalized spacial score (nSPS) is 43.7. The molecule has 5 rings (SSSR count). The number of carbonyl (C=O) groups excluding carboxylic acids is 4. The lowest BCUT2D eigenvalue weighted by molar-refractivity contribution is -0.167. The van der Waals surface area contributed by atoms with Gasteiger partial charge in [0.05, 0.1) is 0 Å². The second-order valence-corrected chi connectivity index (χ2v) is 14.7. The molecule has 7 heteroatoms. The molecule has 0 aromatic carbocycles. The van der Waals surface area contributed by atoms with Crippen LogP contribution < -0.4 is 0 Å². The van der Waals surface area contributed by atoms with Gasteiger partial charge in [-0.1, -0.05) is 47.3 Å². The first kappa shape index (κ1) is 30.0. The lowest BCUT2D eigenvalue weighted by Crippen LogP contribution is -2.56. The minimum absolute atomic E-state index is 0.0439. The van der Waals surface area contributed by atoms with Crippen LogP contribution in [0.25, 0.3) is 0 Å². The molecule has 0 amide bonds. The van der Waals surface area contributed by atoms with Crippen LogP contribution >= 0.6 is 0 Å². The van der Waals surface area contributed by atoms with Crippen LogP contribution in [-0.2, 0) is 33.4 Å². The molecule has 5 aliphatic rings. The molecule has 7 nitrogen and oxygen atoms in total. The number of fused-ring (bicyclic) bond motifs is 2. The van der Waals surface area contributed by atoms with Gasteiger partial charge in [-0.2, -0.15) is 0 Å². The van der Waals surface area contributed by atoms with Gasteiger partial charge in [-0.3, -0.25) is 14.4 Å². The molecular formula is C34H48O7. The lowest BCUT2D eigenvalue weighted by atomic mass is 9.44. The summed E-state index contributed by atoms with van der Waals surface area (Å²) in [5.74, 6) is -1.29. The summed E-state index contributed by atoms with van der Waals surface area (Å²) in [4.78, 5) is 50.8. The Kier molecular flexibility index (Phi) is 7.18. The average Bonchev–Trinajstić information content (AvgIpc) is 3.52. The third-order valence-electron chi connectivity index (χ3n) is 12.7. The Morgan fingerprint density at radius 3 is 2.34 bits per heavy atom. The van der Waals surface area contributed by atoms with E-state index in [1.54, 1.807) is 6.08 Å². The fourth-order valence-corrected chi connectivity index (χ4v) is 10.8. The molecular weight excluding hydrogens is 520 g/mol. The van der Waals surface area contributed by atoms with Gasteiger partial charge in [-0.15, -0.1) is 0 Å². The number of ether oxygens (including phenoxy) is 3. The van der Waals surface area contributed by atoms with Crippen molar-refractivity contribution < 1.29 is 33.4 Å². The number of cyclic esters (lactones) is 1. The topological polar surface area (TPSA) is 96.0 Å². The number of ketones is 1. The van der Waals surface area contributed by atoms with Crippen molar-refractivity contribution in [3.8, 4) is 0 Å². The van der Waals surface area contributed by atoms with E-state index in [0.717, 1.165) is 32.1 Å². The Morgan fingerprint density at radius 2 is 1.73 bits per heavy atom. The summed E-state index contributed by atoms with van der Waals surface area (Å²) in [6.07, 6.45) is 8.01. The van der Waals surface area contributed by atoms with Crippen LogP contribution in [-0.4, -0.2) is 42.0 Å². The molecule has 2 spiro atoms. The molecule has 0 radical (unpaired) electrons. The van der Waals surface area contributed by atoms with Gasteiger partial charge in [0.2, 0.25) is 0 Å². The van der Waals surface area contributed by atoms with Gasteiger partial charge in [-0.25, -0.2) is 4.79 Å². The smallest absolute Gasteiger partial charge is 0.330 e. The Labute approximate surface area is 244 Å². The largest absolute Gasteiger partial charge is 0.462 e. The van der Waals surface area contributed by atoms with Crippen LogP contribution in [0.3, 0.4) is 0 Å². The highest BCUT2D eigenvalue weighted by Gasteiger charge is 2.81. The first-order chi connectivity index (χ1) is 19.0. The van der Waals surface area contributed by atoms with Crippen molar-refractivity contribution in [1.29, 1.82) is 0 Å². The molecule has 0 aromatic rings. The first-order valence-electron chi connectivity index (χ1n) is 15.5. The maximum atomic E-state index is 13.7. The predicted molar refractivity (Wildman–Crippen MR) is 153 cm³/mol. The molecule has 41 heavy (non-hydrogen) atoms. The molecule has 1 heterocycles. The van der Waals surface area contributed by atoms with Gasteiger partial charge in [0.15, 0.2) is 11.9 Å². The van der Waals surface area contributed by atoms with Crippen molar-refractivity contribution in [2.45, 2.75) is 112 Å². The van der Waals surface area contributed by atoms with E-state index in [1.807, 2.05) is 27.7 Å². The molecule has 11 atom stereocenters. The van der Waals surface area contributed by atoms with E-state index in [0.29, 0.717) is 23.8 Å². The SMILES string of the molecule is C=C(C(=O)C(OC(C)=O)C(C)C1C(OC(C)=O)CC2(C)C3CCC4C(C)OC(=O)C=CC45CC35CCC12C)C(C)C. The van der Waals surface area contributed by atoms with Crippen LogP contribution in [0.4, 0.5) is 0 Å². The number of rotatable bonds is 7. The van der Waals surface area contributed by atoms with Crippen molar-refractivity contribution in [3.05, 3.63) is 24.3 Å². The number of esters is 3. The van der Waals surface area contributed by atoms with E-state index in [-0.39, 0.29) is 63.2 Å². The zero-order chi connectivity index (χ0) is 30.3. The summed E-state index contributed by atoms with van der Waals surface area (Å²) in [6.45, 7) is 19.3. The molecule has 1 aliphatic heterocycles. The zero-order valence-corrected chi connectivity index (χ0v) is 26.1. The summed E-state index contributed by atoms with van der Waals surface area (Å²) >= 11 is 0. The molecule has 11 unspecified atom stereocenters. The Hall–Kier alpha value is -2.44. The third kappa shape index (κ3) is 4.18. The second kappa shape index (κ2) is 9.80. The zero-order valence-electron chi connectivity index (χ0n) is 26.1. The molecule has 0 bridgehead atoms. The van der Waals surface area contributed by atoms with Crippen LogP contribution in [0.1, 0.15) is 93.9 Å². The number of Topliss-reactive ketones (excluding diaryl/α,β-unsaturated/α-hetero) is 1. The Balaban J connectivity index is 1.55. The van der Waals surface area contributed by atoms with E-state index in [9.17, 15) is 19.2 Å². The van der Waals surface area contributed by atoms with Gasteiger partial charge >= 0.3 is 17.9 Å². The number of allylic oxidation sites excluding steroid dienone is 1. The van der Waals surface area contributed by atoms with Gasteiger partial charge in [0, 0.05) is 43.1 Å². The van der Waals surface area contributed by atoms with Gasteiger partial charge < -0.3 is 14.2 Å². The van der Waals surface area contributed by atoms with Gasteiger partial charge in [-0.05, 0) is 79.1 Å². The maximum absolute atomic E-state index is 13.7. The van der Waals surface area contributed by atoms with Crippen molar-refractivity contribution >= 4 is 23.7 Å². The van der Waals surface area contributed by atoms with Gasteiger partial charge in [0.1, 0.15) is 12.2 Å². The minimum Gasteiger partial charge on any atom is -0.462 e. The molecule has 0 saturated heterocycles. The van der Waals surface area contributed by atoms with Crippen molar-refractivity contribution in [2.24, 2.45) is 51.2 Å². The summed E-state index contributed by atoms with van der Waals surface area (Å²) in [7, 11) is 0. The van der Waals surface area contributed by atoms with Crippen LogP contribution in [0.15, 0.2) is 24.3 Å². The van der Waals surface area contributed by atoms with Crippen molar-refractivity contribution in [3.63, 3.8) is 0 Å². The molecule has 4 fully saturated rings. The van der Waals surface area contributed by atoms with E-state index >= 15 is 0 Å². The third-order valence-corrected chi connectivity index (χ3v) is 12.7. The quantitative estimate of drug-likeness (QED) is 0.211. The highest BCUT2D eigenvalue weighted by Crippen LogP contribution is 2.86. The molecule has 226 valence electrons. The monoisotopic (exact) mass is 568 g/mol. The standard InChI is InChI=1S/C34H48O7/c1-18(2)19(3)29(38)30(41-23(7)36)20(4)28-25(40-22(6)35)16-32(9)26-11-10-24-21(5)39-27(37)12-13-33(24)17-34(26,33)15-14-31(28,32)8/h12-13,18,20-21,24-26,28,30H,3,10-11,14-17H2,1-2,4-9H3. The second-order valence-electron chi connectivity index (χ2n) is 14.7. The number of hydrogen-bond acceptors (Lipinski definition) is 7. The van der Waals surface area contributed by atoms with Crippen molar-refractivity contribution in [2.75, 3.05) is 0 Å². The predicted octanol–water partition coefficient (Wildman–Crippen LogP) is 6.00. The van der Waals surface area contributed by atoms with E-state index in [2.05, 4.69) is 26.5 Å². The Bertz CT molecular complexity index is 1200. The van der Waals surface area contributed by atoms with Crippen molar-refractivity contribution in [1.82, 2.24) is 0 Å². The van der Waals surface area contributed by atoms with E-state index < -0.39 is 18.2 Å². The van der Waals surface area contributed by atoms with Crippen LogP contribution in [0.2, 0.25) is 0 Å². The molecule has 0 N–H and O–H groups in total.